The molecule has 1 N–H and O–H groups in total. The normalized spacial score (nSPS) is 20.5. The number of nitrogens with zero attached hydrogens (tertiary/aromatic N) is 5. The lowest BCUT2D eigenvalue weighted by Gasteiger charge is -2.19. The van der Waals surface area contributed by atoms with Crippen LogP contribution in [0.1, 0.15) is 91.9 Å². The standard InChI is InChI=1S/C18H24N4O.C8H12N2.C2H6/c1-4-16-10-21(8-13(16)2)18-6-5-17(14(3)20-18)11-22-9-15(12-23)7-19-22;1-5-3-4-7-6(2)9-10-8(5)7;1-2/h5-7,9,12-13,16H,4,8,10-11H2,1-3H3;5H,3-4H2,1-2H3,(H,9,10);1-2H3. The van der Waals surface area contributed by atoms with Gasteiger partial charge in [0.2, 0.25) is 0 Å². The van der Waals surface area contributed by atoms with Crippen molar-refractivity contribution in [2.75, 3.05) is 18.0 Å². The number of hydrogen-bond donors (Lipinski definition) is 1. The maximum absolute atomic E-state index is 10.7. The Morgan fingerprint density at radius 2 is 1.94 bits per heavy atom. The number of fused-ring (bicyclic) bond motifs is 1. The summed E-state index contributed by atoms with van der Waals surface area (Å²) in [6, 6.07) is 4.24. The summed E-state index contributed by atoms with van der Waals surface area (Å²) in [6.07, 6.45) is 7.89. The monoisotopic (exact) mass is 478 g/mol. The second-order valence-corrected chi connectivity index (χ2v) is 9.71. The smallest absolute Gasteiger partial charge is 0.153 e. The van der Waals surface area contributed by atoms with E-state index in [4.69, 9.17) is 4.98 Å². The summed E-state index contributed by atoms with van der Waals surface area (Å²) in [4.78, 5) is 17.9. The Kier molecular flexibility index (Phi) is 9.24. The quantitative estimate of drug-likeness (QED) is 0.474. The maximum atomic E-state index is 10.7. The summed E-state index contributed by atoms with van der Waals surface area (Å²) in [5, 5.41) is 11.5. The third-order valence-electron chi connectivity index (χ3n) is 7.32. The molecule has 0 radical (unpaired) electrons. The first-order chi connectivity index (χ1) is 16.9. The van der Waals surface area contributed by atoms with Gasteiger partial charge in [-0.15, -0.1) is 0 Å². The van der Waals surface area contributed by atoms with E-state index in [1.807, 2.05) is 20.8 Å². The van der Waals surface area contributed by atoms with Crippen molar-refractivity contribution in [2.24, 2.45) is 11.8 Å². The van der Waals surface area contributed by atoms with Crippen LogP contribution in [-0.4, -0.2) is 44.3 Å². The van der Waals surface area contributed by atoms with E-state index >= 15 is 0 Å². The van der Waals surface area contributed by atoms with Crippen LogP contribution in [0.2, 0.25) is 0 Å². The Balaban J connectivity index is 0.000000236. The average molecular weight is 479 g/mol. The van der Waals surface area contributed by atoms with Crippen molar-refractivity contribution in [1.82, 2.24) is 25.0 Å². The second-order valence-electron chi connectivity index (χ2n) is 9.71. The van der Waals surface area contributed by atoms with Gasteiger partial charge < -0.3 is 4.90 Å². The first kappa shape index (κ1) is 26.6. The minimum absolute atomic E-state index is 0.601. The van der Waals surface area contributed by atoms with Crippen molar-refractivity contribution in [3.63, 3.8) is 0 Å². The Bertz CT molecular complexity index is 1100. The lowest BCUT2D eigenvalue weighted by Crippen LogP contribution is -2.21. The summed E-state index contributed by atoms with van der Waals surface area (Å²) in [5.74, 6) is 3.25. The molecular weight excluding hydrogens is 436 g/mol. The van der Waals surface area contributed by atoms with Crippen LogP contribution in [0.3, 0.4) is 0 Å². The number of carbonyl (C=O) groups excluding carboxylic acids is 1. The van der Waals surface area contributed by atoms with E-state index in [0.717, 1.165) is 48.3 Å². The molecule has 7 nitrogen and oxygen atoms in total. The summed E-state index contributed by atoms with van der Waals surface area (Å²) in [6.45, 7) is 17.8. The van der Waals surface area contributed by atoms with Crippen LogP contribution >= 0.6 is 0 Å². The van der Waals surface area contributed by atoms with Gasteiger partial charge in [0.25, 0.3) is 0 Å². The van der Waals surface area contributed by atoms with E-state index in [1.54, 1.807) is 17.1 Å². The van der Waals surface area contributed by atoms with Gasteiger partial charge in [-0.3, -0.25) is 14.6 Å². The zero-order valence-corrected chi connectivity index (χ0v) is 22.5. The van der Waals surface area contributed by atoms with E-state index in [1.165, 1.54) is 36.2 Å². The van der Waals surface area contributed by atoms with Crippen LogP contribution in [0.15, 0.2) is 24.5 Å². The molecule has 1 aliphatic heterocycles. The van der Waals surface area contributed by atoms with Crippen molar-refractivity contribution in [1.29, 1.82) is 0 Å². The van der Waals surface area contributed by atoms with Gasteiger partial charge in [-0.2, -0.15) is 10.2 Å². The third kappa shape index (κ3) is 6.19. The fraction of sp³-hybridized carbons (Fsp3) is 0.571. The molecule has 1 fully saturated rings. The van der Waals surface area contributed by atoms with Gasteiger partial charge >= 0.3 is 0 Å². The molecule has 1 aliphatic carbocycles. The van der Waals surface area contributed by atoms with Crippen LogP contribution in [0.25, 0.3) is 0 Å². The average Bonchev–Trinajstić information content (AvgIpc) is 3.64. The molecule has 2 aliphatic rings. The Hall–Kier alpha value is -2.96. The van der Waals surface area contributed by atoms with Gasteiger partial charge in [0, 0.05) is 36.6 Å². The largest absolute Gasteiger partial charge is 0.356 e. The number of aromatic nitrogens is 5. The van der Waals surface area contributed by atoms with Crippen LogP contribution in [-0.2, 0) is 13.0 Å². The number of hydrogen-bond acceptors (Lipinski definition) is 5. The van der Waals surface area contributed by atoms with E-state index in [-0.39, 0.29) is 0 Å². The number of rotatable bonds is 5. The number of carbonyl (C=O) groups is 1. The lowest BCUT2D eigenvalue weighted by atomic mass is 9.96. The van der Waals surface area contributed by atoms with Crippen LogP contribution in [0.5, 0.6) is 0 Å². The molecule has 3 atom stereocenters. The fourth-order valence-corrected chi connectivity index (χ4v) is 5.07. The molecule has 1 saturated heterocycles. The lowest BCUT2D eigenvalue weighted by molar-refractivity contribution is 0.112. The van der Waals surface area contributed by atoms with Crippen LogP contribution < -0.4 is 4.90 Å². The Morgan fingerprint density at radius 3 is 2.54 bits per heavy atom. The SMILES string of the molecule is CC.CCC1CN(c2ccc(Cn3cc(C=O)cn3)c(C)n2)CC1C.Cc1[nH]nc2c1CCC2C. The maximum Gasteiger partial charge on any atom is 0.153 e. The van der Waals surface area contributed by atoms with Gasteiger partial charge in [0.15, 0.2) is 6.29 Å². The highest BCUT2D eigenvalue weighted by Gasteiger charge is 2.29. The molecule has 0 aromatic carbocycles. The molecule has 3 unspecified atom stereocenters. The Labute approximate surface area is 210 Å². The molecule has 4 heterocycles. The number of anilines is 1. The third-order valence-corrected chi connectivity index (χ3v) is 7.32. The Morgan fingerprint density at radius 1 is 1.17 bits per heavy atom. The van der Waals surface area contributed by atoms with E-state index in [2.05, 4.69) is 60.0 Å². The summed E-state index contributed by atoms with van der Waals surface area (Å²) < 4.78 is 1.78. The van der Waals surface area contributed by atoms with Gasteiger partial charge in [0.05, 0.1) is 24.0 Å². The van der Waals surface area contributed by atoms with E-state index in [9.17, 15) is 4.79 Å². The van der Waals surface area contributed by atoms with Crippen molar-refractivity contribution in [2.45, 2.75) is 80.2 Å². The van der Waals surface area contributed by atoms with Crippen LogP contribution in [0.4, 0.5) is 5.82 Å². The molecule has 0 amide bonds. The van der Waals surface area contributed by atoms with E-state index < -0.39 is 0 Å². The number of H-pyrrole nitrogens is 1. The topological polar surface area (TPSA) is 79.7 Å². The first-order valence-electron chi connectivity index (χ1n) is 13.1. The predicted octanol–water partition coefficient (Wildman–Crippen LogP) is 5.72. The zero-order valence-electron chi connectivity index (χ0n) is 22.5. The molecule has 35 heavy (non-hydrogen) atoms. The molecule has 3 aromatic heterocycles. The molecule has 5 rings (SSSR count). The highest BCUT2D eigenvalue weighted by molar-refractivity contribution is 5.73. The number of aldehydes is 1. The number of nitrogens with one attached hydrogen (secondary N) is 1. The molecule has 3 aromatic rings. The number of pyridine rings is 1. The minimum Gasteiger partial charge on any atom is -0.356 e. The minimum atomic E-state index is 0.601. The number of aryl methyl sites for hydroxylation is 2. The molecule has 190 valence electrons. The zero-order chi connectivity index (χ0) is 25.5. The van der Waals surface area contributed by atoms with Crippen LogP contribution in [0, 0.1) is 25.7 Å². The van der Waals surface area contributed by atoms with Gasteiger partial charge in [0.1, 0.15) is 5.82 Å². The van der Waals surface area contributed by atoms with Crippen molar-refractivity contribution < 1.29 is 4.79 Å². The van der Waals surface area contributed by atoms with Crippen molar-refractivity contribution in [3.8, 4) is 0 Å². The molecular formula is C28H42N6O. The van der Waals surface area contributed by atoms with E-state index in [0.29, 0.717) is 18.0 Å². The highest BCUT2D eigenvalue weighted by Crippen LogP contribution is 2.32. The number of aromatic amines is 1. The van der Waals surface area contributed by atoms with Crippen molar-refractivity contribution in [3.05, 3.63) is 58.3 Å². The summed E-state index contributed by atoms with van der Waals surface area (Å²) >= 11 is 0. The van der Waals surface area contributed by atoms with Gasteiger partial charge in [-0.25, -0.2) is 4.98 Å². The predicted molar refractivity (Wildman–Crippen MR) is 142 cm³/mol. The highest BCUT2D eigenvalue weighted by atomic mass is 16.1. The first-order valence-corrected chi connectivity index (χ1v) is 13.1. The molecule has 0 spiro atoms. The summed E-state index contributed by atoms with van der Waals surface area (Å²) in [5.41, 5.74) is 6.79. The fourth-order valence-electron chi connectivity index (χ4n) is 5.07. The van der Waals surface area contributed by atoms with Gasteiger partial charge in [-0.05, 0) is 55.7 Å². The second kappa shape index (κ2) is 12.1. The molecule has 7 heteroatoms. The molecule has 0 saturated carbocycles. The van der Waals surface area contributed by atoms with Gasteiger partial charge in [-0.1, -0.05) is 47.1 Å². The van der Waals surface area contributed by atoms with Crippen molar-refractivity contribution >= 4 is 12.1 Å². The molecule has 0 bridgehead atoms. The summed E-state index contributed by atoms with van der Waals surface area (Å²) in [7, 11) is 0.